The van der Waals surface area contributed by atoms with E-state index in [1.54, 1.807) is 0 Å². The summed E-state index contributed by atoms with van der Waals surface area (Å²) in [6, 6.07) is 13.5. The van der Waals surface area contributed by atoms with Crippen molar-refractivity contribution in [3.63, 3.8) is 0 Å². The first-order valence-corrected chi connectivity index (χ1v) is 8.10. The molecule has 1 amide bonds. The predicted octanol–water partition coefficient (Wildman–Crippen LogP) is 4.67. The van der Waals surface area contributed by atoms with Crippen LogP contribution in [0.2, 0.25) is 0 Å². The zero-order valence-electron chi connectivity index (χ0n) is 12.2. The maximum atomic E-state index is 12.3. The third-order valence-electron chi connectivity index (χ3n) is 3.18. The second-order valence-electron chi connectivity index (χ2n) is 4.89. The molecule has 0 saturated heterocycles. The average Bonchev–Trinajstić information content (AvgIpc) is 2.48. The Kier molecular flexibility index (Phi) is 5.61. The van der Waals surface area contributed by atoms with Crippen molar-refractivity contribution in [3.8, 4) is 0 Å². The molecule has 2 aromatic carbocycles. The Morgan fingerprint density at radius 1 is 1.14 bits per heavy atom. The summed E-state index contributed by atoms with van der Waals surface area (Å²) >= 11 is 2.22. The highest BCUT2D eigenvalue weighted by Gasteiger charge is 2.09. The van der Waals surface area contributed by atoms with Gasteiger partial charge in [0.05, 0.1) is 5.69 Å². The van der Waals surface area contributed by atoms with Crippen molar-refractivity contribution in [2.24, 2.45) is 0 Å². The molecule has 110 valence electrons. The average molecular weight is 394 g/mol. The van der Waals surface area contributed by atoms with Gasteiger partial charge in [0, 0.05) is 21.4 Å². The molecule has 0 aromatic heterocycles. The van der Waals surface area contributed by atoms with E-state index in [0.29, 0.717) is 5.56 Å². The lowest BCUT2D eigenvalue weighted by atomic mass is 10.1. The van der Waals surface area contributed by atoms with E-state index in [2.05, 4.69) is 40.1 Å². The summed E-state index contributed by atoms with van der Waals surface area (Å²) < 4.78 is 1.03. The van der Waals surface area contributed by atoms with Gasteiger partial charge in [0.2, 0.25) is 0 Å². The predicted molar refractivity (Wildman–Crippen MR) is 97.1 cm³/mol. The number of benzene rings is 2. The summed E-state index contributed by atoms with van der Waals surface area (Å²) in [6.45, 7) is 5.08. The standard InChI is InChI=1S/C17H19IN2O/c1-3-10-19-15-9-8-13(11-12(15)2)17(21)20-16-7-5-4-6-14(16)18/h4-9,11,19H,3,10H2,1-2H3,(H,20,21). The molecule has 21 heavy (non-hydrogen) atoms. The molecule has 0 fully saturated rings. The fraction of sp³-hybridized carbons (Fsp3) is 0.235. The van der Waals surface area contributed by atoms with Gasteiger partial charge in [-0.1, -0.05) is 19.1 Å². The van der Waals surface area contributed by atoms with Crippen molar-refractivity contribution >= 4 is 39.9 Å². The first kappa shape index (κ1) is 15.8. The van der Waals surface area contributed by atoms with Crippen LogP contribution in [0.4, 0.5) is 11.4 Å². The van der Waals surface area contributed by atoms with Gasteiger partial charge in [-0.2, -0.15) is 0 Å². The second kappa shape index (κ2) is 7.45. The number of hydrogen-bond acceptors (Lipinski definition) is 2. The van der Waals surface area contributed by atoms with Gasteiger partial charge < -0.3 is 10.6 Å². The molecule has 2 rings (SSSR count). The Labute approximate surface area is 139 Å². The fourth-order valence-corrected chi connectivity index (χ4v) is 2.54. The first-order valence-electron chi connectivity index (χ1n) is 7.02. The summed E-state index contributed by atoms with van der Waals surface area (Å²) in [4.78, 5) is 12.3. The molecule has 2 N–H and O–H groups in total. The van der Waals surface area contributed by atoms with Crippen LogP contribution >= 0.6 is 22.6 Å². The third kappa shape index (κ3) is 4.20. The zero-order chi connectivity index (χ0) is 15.2. The fourth-order valence-electron chi connectivity index (χ4n) is 2.02. The Bertz CT molecular complexity index is 640. The maximum absolute atomic E-state index is 12.3. The summed E-state index contributed by atoms with van der Waals surface area (Å²) in [6.07, 6.45) is 1.08. The van der Waals surface area contributed by atoms with Crippen molar-refractivity contribution < 1.29 is 4.79 Å². The molecule has 4 heteroatoms. The summed E-state index contributed by atoms with van der Waals surface area (Å²) in [7, 11) is 0. The topological polar surface area (TPSA) is 41.1 Å². The molecule has 0 atom stereocenters. The Morgan fingerprint density at radius 2 is 1.90 bits per heavy atom. The van der Waals surface area contributed by atoms with Crippen molar-refractivity contribution in [3.05, 3.63) is 57.2 Å². The minimum atomic E-state index is -0.0794. The normalized spacial score (nSPS) is 10.2. The Hall–Kier alpha value is -1.56. The van der Waals surface area contributed by atoms with Crippen molar-refractivity contribution in [2.45, 2.75) is 20.3 Å². The summed E-state index contributed by atoms with van der Waals surface area (Å²) in [5.41, 5.74) is 3.68. The van der Waals surface area contributed by atoms with Crippen molar-refractivity contribution in [1.82, 2.24) is 0 Å². The molecular weight excluding hydrogens is 375 g/mol. The number of para-hydroxylation sites is 1. The maximum Gasteiger partial charge on any atom is 0.255 e. The van der Waals surface area contributed by atoms with Gasteiger partial charge in [-0.05, 0) is 71.8 Å². The monoisotopic (exact) mass is 394 g/mol. The van der Waals surface area contributed by atoms with E-state index in [4.69, 9.17) is 0 Å². The van der Waals surface area contributed by atoms with E-state index < -0.39 is 0 Å². The molecular formula is C17H19IN2O. The van der Waals surface area contributed by atoms with E-state index in [-0.39, 0.29) is 5.91 Å². The molecule has 0 radical (unpaired) electrons. The molecule has 0 saturated carbocycles. The zero-order valence-corrected chi connectivity index (χ0v) is 14.4. The van der Waals surface area contributed by atoms with Gasteiger partial charge in [-0.25, -0.2) is 0 Å². The van der Waals surface area contributed by atoms with E-state index in [9.17, 15) is 4.79 Å². The van der Waals surface area contributed by atoms with Gasteiger partial charge >= 0.3 is 0 Å². The van der Waals surface area contributed by atoms with Crippen LogP contribution < -0.4 is 10.6 Å². The molecule has 0 unspecified atom stereocenters. The lowest BCUT2D eigenvalue weighted by molar-refractivity contribution is 0.102. The van der Waals surface area contributed by atoms with Crippen LogP contribution in [0.3, 0.4) is 0 Å². The van der Waals surface area contributed by atoms with Crippen LogP contribution in [-0.4, -0.2) is 12.5 Å². The number of hydrogen-bond donors (Lipinski definition) is 2. The largest absolute Gasteiger partial charge is 0.385 e. The number of carbonyl (C=O) groups is 1. The van der Waals surface area contributed by atoms with Crippen LogP contribution in [0.25, 0.3) is 0 Å². The first-order chi connectivity index (χ1) is 10.1. The van der Waals surface area contributed by atoms with Crippen LogP contribution in [0.15, 0.2) is 42.5 Å². The third-order valence-corrected chi connectivity index (χ3v) is 4.12. The number of aryl methyl sites for hydroxylation is 1. The number of amides is 1. The molecule has 0 heterocycles. The van der Waals surface area contributed by atoms with Crippen LogP contribution in [0.1, 0.15) is 29.3 Å². The molecule has 0 aliphatic rings. The number of anilines is 2. The highest BCUT2D eigenvalue weighted by Crippen LogP contribution is 2.20. The number of halogens is 1. The highest BCUT2D eigenvalue weighted by atomic mass is 127. The summed E-state index contributed by atoms with van der Waals surface area (Å²) in [5.74, 6) is -0.0794. The lowest BCUT2D eigenvalue weighted by Crippen LogP contribution is -2.13. The van der Waals surface area contributed by atoms with E-state index >= 15 is 0 Å². The number of rotatable bonds is 5. The van der Waals surface area contributed by atoms with E-state index in [0.717, 1.165) is 33.5 Å². The summed E-state index contributed by atoms with van der Waals surface area (Å²) in [5, 5.41) is 6.30. The van der Waals surface area contributed by atoms with Crippen LogP contribution in [-0.2, 0) is 0 Å². The van der Waals surface area contributed by atoms with Crippen molar-refractivity contribution in [1.29, 1.82) is 0 Å². The van der Waals surface area contributed by atoms with Crippen LogP contribution in [0, 0.1) is 10.5 Å². The molecule has 3 nitrogen and oxygen atoms in total. The van der Waals surface area contributed by atoms with Crippen LogP contribution in [0.5, 0.6) is 0 Å². The molecule has 2 aromatic rings. The van der Waals surface area contributed by atoms with Gasteiger partial charge in [0.25, 0.3) is 5.91 Å². The quantitative estimate of drug-likeness (QED) is 0.724. The van der Waals surface area contributed by atoms with Gasteiger partial charge in [0.15, 0.2) is 0 Å². The minimum absolute atomic E-state index is 0.0794. The second-order valence-corrected chi connectivity index (χ2v) is 6.05. The van der Waals surface area contributed by atoms with Crippen molar-refractivity contribution in [2.75, 3.05) is 17.2 Å². The van der Waals surface area contributed by atoms with E-state index in [1.807, 2.05) is 49.4 Å². The number of carbonyl (C=O) groups excluding carboxylic acids is 1. The SMILES string of the molecule is CCCNc1ccc(C(=O)Nc2ccccc2I)cc1C. The minimum Gasteiger partial charge on any atom is -0.385 e. The molecule has 0 aliphatic carbocycles. The van der Waals surface area contributed by atoms with Gasteiger partial charge in [-0.15, -0.1) is 0 Å². The molecule has 0 aliphatic heterocycles. The van der Waals surface area contributed by atoms with Gasteiger partial charge in [-0.3, -0.25) is 4.79 Å². The molecule has 0 bridgehead atoms. The number of nitrogens with one attached hydrogen (secondary N) is 2. The smallest absolute Gasteiger partial charge is 0.255 e. The van der Waals surface area contributed by atoms with Gasteiger partial charge in [0.1, 0.15) is 0 Å². The molecule has 0 spiro atoms. The Balaban J connectivity index is 2.13. The highest BCUT2D eigenvalue weighted by molar-refractivity contribution is 14.1. The lowest BCUT2D eigenvalue weighted by Gasteiger charge is -2.11. The van der Waals surface area contributed by atoms with E-state index in [1.165, 1.54) is 0 Å². The Morgan fingerprint density at radius 3 is 2.57 bits per heavy atom.